The van der Waals surface area contributed by atoms with Crippen LogP contribution in [0.3, 0.4) is 0 Å². The van der Waals surface area contributed by atoms with Crippen LogP contribution in [0.2, 0.25) is 0 Å². The lowest BCUT2D eigenvalue weighted by atomic mass is 9.82. The van der Waals surface area contributed by atoms with Gasteiger partial charge in [0.15, 0.2) is 0 Å². The minimum Gasteiger partial charge on any atom is -0.480 e. The van der Waals surface area contributed by atoms with Crippen LogP contribution in [0.15, 0.2) is 30.3 Å². The number of ether oxygens (including phenoxy) is 1. The maximum absolute atomic E-state index is 14.2. The van der Waals surface area contributed by atoms with E-state index in [-0.39, 0.29) is 66.2 Å². The minimum absolute atomic E-state index is 0.0186. The van der Waals surface area contributed by atoms with Crippen molar-refractivity contribution < 1.29 is 33.8 Å². The molecule has 1 aliphatic heterocycles. The Kier molecular flexibility index (Phi) is 18.4. The monoisotopic (exact) mass is 744 g/mol. The first-order valence-corrected chi connectivity index (χ1v) is 19.5. The lowest BCUT2D eigenvalue weighted by Gasteiger charge is -2.41. The first-order valence-electron chi connectivity index (χ1n) is 19.5. The normalized spacial score (nSPS) is 19.2. The Hall–Kier alpha value is -3.51. The Balaban J connectivity index is 2.27. The number of amides is 4. The fourth-order valence-electron chi connectivity index (χ4n) is 8.18. The number of aliphatic carboxylic acids is 1. The van der Waals surface area contributed by atoms with Crippen LogP contribution in [0.25, 0.3) is 0 Å². The van der Waals surface area contributed by atoms with Gasteiger partial charge < -0.3 is 30.3 Å². The zero-order valence-corrected chi connectivity index (χ0v) is 34.4. The Labute approximate surface area is 318 Å². The molecule has 2 rings (SSSR count). The van der Waals surface area contributed by atoms with Gasteiger partial charge in [-0.25, -0.2) is 4.79 Å². The summed E-state index contributed by atoms with van der Waals surface area (Å²) in [4.78, 5) is 72.9. The Morgan fingerprint density at radius 3 is 2.02 bits per heavy atom. The topological polar surface area (TPSA) is 149 Å². The second kappa shape index (κ2) is 21.4. The molecule has 1 aliphatic rings. The number of likely N-dealkylation sites (tertiary alicyclic amines) is 1. The van der Waals surface area contributed by atoms with Crippen LogP contribution in [-0.2, 0) is 35.1 Å². The van der Waals surface area contributed by atoms with E-state index in [0.717, 1.165) is 24.8 Å². The number of methoxy groups -OCH3 is 1. The molecule has 1 fully saturated rings. The van der Waals surface area contributed by atoms with Crippen LogP contribution < -0.4 is 10.6 Å². The average molecular weight is 744 g/mol. The van der Waals surface area contributed by atoms with E-state index >= 15 is 0 Å². The minimum atomic E-state index is -1.10. The van der Waals surface area contributed by atoms with Gasteiger partial charge in [-0.1, -0.05) is 98.6 Å². The summed E-state index contributed by atoms with van der Waals surface area (Å²) >= 11 is 0. The SMILES string of the molecule is CC[C@H]([C@@H](C)C(=O)N[C@@H](Cc1ccccc1)C(=O)O)[C@@H]1CCCN1C(=O)C[C@@H](OC)C([C@@H](C)CC)N(C)C(=O)[C@@H](NC(=O)[C@H](C(C)C)N(C)C)C(C)C. The second-order valence-electron chi connectivity index (χ2n) is 15.9. The molecule has 300 valence electrons. The van der Waals surface area contributed by atoms with Crippen molar-refractivity contribution in [3.63, 3.8) is 0 Å². The lowest BCUT2D eigenvalue weighted by Crippen LogP contribution is -2.59. The van der Waals surface area contributed by atoms with Crippen molar-refractivity contribution in [1.82, 2.24) is 25.3 Å². The molecule has 1 unspecified atom stereocenters. The van der Waals surface area contributed by atoms with E-state index in [9.17, 15) is 29.1 Å². The zero-order valence-electron chi connectivity index (χ0n) is 34.4. The summed E-state index contributed by atoms with van der Waals surface area (Å²) in [5.41, 5.74) is 0.816. The van der Waals surface area contributed by atoms with Crippen LogP contribution >= 0.6 is 0 Å². The third-order valence-electron chi connectivity index (χ3n) is 11.3. The summed E-state index contributed by atoms with van der Waals surface area (Å²) in [6.07, 6.45) is 2.50. The van der Waals surface area contributed by atoms with Gasteiger partial charge in [-0.15, -0.1) is 0 Å². The van der Waals surface area contributed by atoms with E-state index in [1.165, 1.54) is 0 Å². The Morgan fingerprint density at radius 1 is 0.906 bits per heavy atom. The highest BCUT2D eigenvalue weighted by atomic mass is 16.5. The number of benzene rings is 1. The van der Waals surface area contributed by atoms with Crippen LogP contribution in [0, 0.1) is 29.6 Å². The molecule has 1 saturated heterocycles. The molecule has 12 heteroatoms. The largest absolute Gasteiger partial charge is 0.480 e. The number of carboxylic acid groups (broad SMARTS) is 1. The molecule has 3 N–H and O–H groups in total. The van der Waals surface area contributed by atoms with Crippen molar-refractivity contribution in [2.24, 2.45) is 29.6 Å². The zero-order chi connectivity index (χ0) is 40.2. The fourth-order valence-corrected chi connectivity index (χ4v) is 8.18. The standard InChI is InChI=1S/C41H69N5O7/c1-13-27(7)37(45(11)40(50)35(25(3)4)43-39(49)36(26(5)6)44(9)10)33(53-12)24-34(47)46-22-18-21-32(46)30(14-2)28(8)38(48)42-31(41(51)52)23-29-19-16-15-17-20-29/h15-17,19-20,25-28,30-33,35-37H,13-14,18,21-24H2,1-12H3,(H,42,48)(H,43,49)(H,51,52)/t27-,28+,30+,31-,32-,33+,35-,36-,37?/m0/s1. The molecule has 1 aromatic carbocycles. The Morgan fingerprint density at radius 2 is 1.53 bits per heavy atom. The van der Waals surface area contributed by atoms with Crippen LogP contribution in [-0.4, -0.2) is 121 Å². The van der Waals surface area contributed by atoms with Crippen molar-refractivity contribution in [2.45, 2.75) is 130 Å². The molecule has 4 amide bonds. The third-order valence-corrected chi connectivity index (χ3v) is 11.3. The molecule has 0 saturated carbocycles. The van der Waals surface area contributed by atoms with E-state index in [0.29, 0.717) is 13.0 Å². The first-order chi connectivity index (χ1) is 24.9. The molecular formula is C41H69N5O7. The van der Waals surface area contributed by atoms with Crippen LogP contribution in [0.4, 0.5) is 0 Å². The Bertz CT molecular complexity index is 1330. The summed E-state index contributed by atoms with van der Waals surface area (Å²) in [6, 6.07) is 6.33. The van der Waals surface area contributed by atoms with Gasteiger partial charge in [-0.3, -0.25) is 24.1 Å². The van der Waals surface area contributed by atoms with Crippen molar-refractivity contribution in [1.29, 1.82) is 0 Å². The summed E-state index contributed by atoms with van der Waals surface area (Å²) in [5.74, 6) is -2.84. The molecular weight excluding hydrogens is 674 g/mol. The predicted molar refractivity (Wildman–Crippen MR) is 208 cm³/mol. The number of hydrogen-bond acceptors (Lipinski definition) is 7. The van der Waals surface area contributed by atoms with Crippen molar-refractivity contribution >= 4 is 29.6 Å². The van der Waals surface area contributed by atoms with E-state index in [1.54, 1.807) is 19.1 Å². The van der Waals surface area contributed by atoms with Crippen molar-refractivity contribution in [3.8, 4) is 0 Å². The van der Waals surface area contributed by atoms with Crippen LogP contribution in [0.5, 0.6) is 0 Å². The molecule has 1 aromatic rings. The molecule has 12 nitrogen and oxygen atoms in total. The number of hydrogen-bond donors (Lipinski definition) is 3. The van der Waals surface area contributed by atoms with Gasteiger partial charge in [0.05, 0.1) is 24.6 Å². The third kappa shape index (κ3) is 12.3. The maximum atomic E-state index is 14.2. The summed E-state index contributed by atoms with van der Waals surface area (Å²) in [6.45, 7) is 16.2. The van der Waals surface area contributed by atoms with Gasteiger partial charge in [0, 0.05) is 39.1 Å². The highest BCUT2D eigenvalue weighted by Crippen LogP contribution is 2.33. The summed E-state index contributed by atoms with van der Waals surface area (Å²) in [5, 5.41) is 15.7. The number of nitrogens with one attached hydrogen (secondary N) is 2. The molecule has 0 aromatic heterocycles. The average Bonchev–Trinajstić information content (AvgIpc) is 3.59. The number of carbonyl (C=O) groups excluding carboxylic acids is 4. The van der Waals surface area contributed by atoms with Gasteiger partial charge >= 0.3 is 5.97 Å². The van der Waals surface area contributed by atoms with E-state index in [2.05, 4.69) is 10.6 Å². The van der Waals surface area contributed by atoms with E-state index in [1.807, 2.05) is 110 Å². The molecule has 0 spiro atoms. The number of rotatable bonds is 21. The molecule has 53 heavy (non-hydrogen) atoms. The molecule has 9 atom stereocenters. The second-order valence-corrected chi connectivity index (χ2v) is 15.9. The lowest BCUT2D eigenvalue weighted by molar-refractivity contribution is -0.147. The number of carboxylic acids is 1. The maximum Gasteiger partial charge on any atom is 0.326 e. The van der Waals surface area contributed by atoms with Gasteiger partial charge in [0.1, 0.15) is 12.1 Å². The van der Waals surface area contributed by atoms with E-state index in [4.69, 9.17) is 4.74 Å². The molecule has 1 heterocycles. The van der Waals surface area contributed by atoms with Gasteiger partial charge in [-0.2, -0.15) is 0 Å². The number of carbonyl (C=O) groups is 5. The highest BCUT2D eigenvalue weighted by Gasteiger charge is 2.42. The first kappa shape index (κ1) is 45.6. The van der Waals surface area contributed by atoms with Crippen molar-refractivity contribution in [3.05, 3.63) is 35.9 Å². The molecule has 0 aliphatic carbocycles. The van der Waals surface area contributed by atoms with Gasteiger partial charge in [0.2, 0.25) is 23.6 Å². The summed E-state index contributed by atoms with van der Waals surface area (Å²) < 4.78 is 6.03. The van der Waals surface area contributed by atoms with Crippen molar-refractivity contribution in [2.75, 3.05) is 34.8 Å². The number of nitrogens with zero attached hydrogens (tertiary/aromatic N) is 3. The molecule has 0 bridgehead atoms. The van der Waals surface area contributed by atoms with Gasteiger partial charge in [0.25, 0.3) is 0 Å². The quantitative estimate of drug-likeness (QED) is 0.167. The number of likely N-dealkylation sites (N-methyl/N-ethyl adjacent to an activating group) is 2. The van der Waals surface area contributed by atoms with Crippen LogP contribution in [0.1, 0.15) is 93.1 Å². The molecule has 0 radical (unpaired) electrons. The predicted octanol–water partition coefficient (Wildman–Crippen LogP) is 4.46. The van der Waals surface area contributed by atoms with E-state index < -0.39 is 42.2 Å². The summed E-state index contributed by atoms with van der Waals surface area (Å²) in [7, 11) is 7.01. The smallest absolute Gasteiger partial charge is 0.326 e. The fraction of sp³-hybridized carbons (Fsp3) is 0.732. The highest BCUT2D eigenvalue weighted by molar-refractivity contribution is 5.90. The van der Waals surface area contributed by atoms with Gasteiger partial charge in [-0.05, 0) is 56.2 Å².